The maximum absolute atomic E-state index is 12.4. The van der Waals surface area contributed by atoms with Crippen molar-refractivity contribution in [3.8, 4) is 0 Å². The van der Waals surface area contributed by atoms with E-state index in [0.29, 0.717) is 28.4 Å². The molecule has 0 spiro atoms. The molecule has 5 nitrogen and oxygen atoms in total. The van der Waals surface area contributed by atoms with E-state index in [1.165, 1.54) is 4.31 Å². The monoisotopic (exact) mass is 442 g/mol. The lowest BCUT2D eigenvalue weighted by molar-refractivity contribution is 0.0954. The third-order valence-electron chi connectivity index (χ3n) is 4.63. The number of carbonyl (C=O) groups excluding carboxylic acids is 1. The molecule has 0 fully saturated rings. The van der Waals surface area contributed by atoms with E-state index in [1.807, 2.05) is 36.4 Å². The van der Waals surface area contributed by atoms with Crippen LogP contribution in [0.2, 0.25) is 5.02 Å². The van der Waals surface area contributed by atoms with Gasteiger partial charge in [0, 0.05) is 17.1 Å². The number of benzene rings is 3. The van der Waals surface area contributed by atoms with Crippen LogP contribution >= 0.6 is 11.6 Å². The highest BCUT2D eigenvalue weighted by molar-refractivity contribution is 7.92. The molecule has 7 heteroatoms. The van der Waals surface area contributed by atoms with Gasteiger partial charge in [-0.25, -0.2) is 8.42 Å². The van der Waals surface area contributed by atoms with Gasteiger partial charge in [-0.15, -0.1) is 0 Å². The average molecular weight is 443 g/mol. The Morgan fingerprint density at radius 1 is 0.933 bits per heavy atom. The molecule has 0 saturated heterocycles. The Morgan fingerprint density at radius 2 is 1.57 bits per heavy atom. The standard InChI is InChI=1S/C23H23ClN2O3S/c1-30(28,29)26(17-20-9-5-6-10-22(20)24)21-13-11-19(12-14-21)23(27)25-16-15-18-7-3-2-4-8-18/h2-14H,15-17H2,1H3,(H,25,27). The van der Waals surface area contributed by atoms with E-state index in [-0.39, 0.29) is 12.5 Å². The average Bonchev–Trinajstić information content (AvgIpc) is 2.73. The number of carbonyl (C=O) groups is 1. The Balaban J connectivity index is 1.68. The van der Waals surface area contributed by atoms with E-state index < -0.39 is 10.0 Å². The van der Waals surface area contributed by atoms with E-state index in [4.69, 9.17) is 11.6 Å². The highest BCUT2D eigenvalue weighted by Gasteiger charge is 2.19. The Morgan fingerprint density at radius 3 is 2.20 bits per heavy atom. The lowest BCUT2D eigenvalue weighted by Crippen LogP contribution is -2.29. The van der Waals surface area contributed by atoms with Crippen molar-refractivity contribution >= 4 is 33.2 Å². The molecule has 156 valence electrons. The minimum Gasteiger partial charge on any atom is -0.352 e. The number of halogens is 1. The van der Waals surface area contributed by atoms with Crippen LogP contribution in [0.1, 0.15) is 21.5 Å². The molecule has 0 aliphatic rings. The molecular weight excluding hydrogens is 420 g/mol. The first-order valence-electron chi connectivity index (χ1n) is 9.48. The largest absolute Gasteiger partial charge is 0.352 e. The molecule has 3 aromatic carbocycles. The zero-order valence-electron chi connectivity index (χ0n) is 16.6. The highest BCUT2D eigenvalue weighted by Crippen LogP contribution is 2.24. The lowest BCUT2D eigenvalue weighted by Gasteiger charge is -2.23. The molecule has 1 N–H and O–H groups in total. The van der Waals surface area contributed by atoms with Crippen molar-refractivity contribution in [3.63, 3.8) is 0 Å². The summed E-state index contributed by atoms with van der Waals surface area (Å²) in [5, 5.41) is 3.39. The summed E-state index contributed by atoms with van der Waals surface area (Å²) in [5.74, 6) is -0.200. The summed E-state index contributed by atoms with van der Waals surface area (Å²) >= 11 is 6.19. The summed E-state index contributed by atoms with van der Waals surface area (Å²) in [7, 11) is -3.54. The lowest BCUT2D eigenvalue weighted by atomic mass is 10.1. The molecule has 0 radical (unpaired) electrons. The Labute approximate surface area is 182 Å². The molecule has 30 heavy (non-hydrogen) atoms. The second-order valence-electron chi connectivity index (χ2n) is 6.90. The first-order valence-corrected chi connectivity index (χ1v) is 11.7. The van der Waals surface area contributed by atoms with Crippen LogP contribution in [0.4, 0.5) is 5.69 Å². The van der Waals surface area contributed by atoms with E-state index in [0.717, 1.165) is 18.2 Å². The van der Waals surface area contributed by atoms with Gasteiger partial charge in [-0.05, 0) is 47.9 Å². The molecule has 0 atom stereocenters. The van der Waals surface area contributed by atoms with Crippen LogP contribution in [0.15, 0.2) is 78.9 Å². The third-order valence-corrected chi connectivity index (χ3v) is 6.14. The van der Waals surface area contributed by atoms with Gasteiger partial charge in [-0.2, -0.15) is 0 Å². The molecule has 3 rings (SSSR count). The molecule has 0 unspecified atom stereocenters. The fraction of sp³-hybridized carbons (Fsp3) is 0.174. The second-order valence-corrected chi connectivity index (χ2v) is 9.21. The molecule has 1 amide bonds. The maximum Gasteiger partial charge on any atom is 0.251 e. The van der Waals surface area contributed by atoms with Crippen LogP contribution < -0.4 is 9.62 Å². The predicted octanol–water partition coefficient (Wildman–Crippen LogP) is 4.28. The van der Waals surface area contributed by atoms with Gasteiger partial charge in [0.15, 0.2) is 0 Å². The summed E-state index contributed by atoms with van der Waals surface area (Å²) in [6.07, 6.45) is 1.89. The number of sulfonamides is 1. The fourth-order valence-electron chi connectivity index (χ4n) is 3.03. The fourth-order valence-corrected chi connectivity index (χ4v) is 4.10. The normalized spacial score (nSPS) is 11.1. The summed E-state index contributed by atoms with van der Waals surface area (Å²) < 4.78 is 26.0. The maximum atomic E-state index is 12.4. The quantitative estimate of drug-likeness (QED) is 0.566. The Bertz CT molecular complexity index is 1100. The number of anilines is 1. The minimum atomic E-state index is -3.54. The first kappa shape index (κ1) is 21.9. The summed E-state index contributed by atoms with van der Waals surface area (Å²) in [5.41, 5.74) is 2.79. The second kappa shape index (κ2) is 9.78. The summed E-state index contributed by atoms with van der Waals surface area (Å²) in [6, 6.07) is 23.5. The van der Waals surface area contributed by atoms with Crippen molar-refractivity contribution in [1.29, 1.82) is 0 Å². The summed E-state index contributed by atoms with van der Waals surface area (Å²) in [6.45, 7) is 0.633. The van der Waals surface area contributed by atoms with Crippen molar-refractivity contribution in [3.05, 3.63) is 101 Å². The number of amides is 1. The van der Waals surface area contributed by atoms with Crippen molar-refractivity contribution in [2.75, 3.05) is 17.1 Å². The summed E-state index contributed by atoms with van der Waals surface area (Å²) in [4.78, 5) is 12.4. The van der Waals surface area contributed by atoms with Gasteiger partial charge in [-0.1, -0.05) is 60.1 Å². The highest BCUT2D eigenvalue weighted by atomic mass is 35.5. The zero-order chi connectivity index (χ0) is 21.6. The zero-order valence-corrected chi connectivity index (χ0v) is 18.2. The predicted molar refractivity (Wildman–Crippen MR) is 121 cm³/mol. The van der Waals surface area contributed by atoms with Crippen molar-refractivity contribution in [2.24, 2.45) is 0 Å². The van der Waals surface area contributed by atoms with Gasteiger partial charge in [-0.3, -0.25) is 9.10 Å². The third kappa shape index (κ3) is 5.84. The van der Waals surface area contributed by atoms with Crippen LogP contribution in [-0.2, 0) is 23.0 Å². The number of hydrogen-bond acceptors (Lipinski definition) is 3. The van der Waals surface area contributed by atoms with Crippen LogP contribution in [0.5, 0.6) is 0 Å². The van der Waals surface area contributed by atoms with Gasteiger partial charge in [0.05, 0.1) is 18.5 Å². The van der Waals surface area contributed by atoms with Gasteiger partial charge in [0.25, 0.3) is 5.91 Å². The molecule has 0 aliphatic heterocycles. The number of nitrogens with one attached hydrogen (secondary N) is 1. The molecule has 0 saturated carbocycles. The van der Waals surface area contributed by atoms with Gasteiger partial charge >= 0.3 is 0 Å². The van der Waals surface area contributed by atoms with Gasteiger partial charge < -0.3 is 5.32 Å². The first-order chi connectivity index (χ1) is 14.3. The Hall–Kier alpha value is -2.83. The van der Waals surface area contributed by atoms with Crippen molar-refractivity contribution < 1.29 is 13.2 Å². The van der Waals surface area contributed by atoms with Gasteiger partial charge in [0.2, 0.25) is 10.0 Å². The van der Waals surface area contributed by atoms with Crippen LogP contribution in [-0.4, -0.2) is 27.1 Å². The van der Waals surface area contributed by atoms with Crippen molar-refractivity contribution in [2.45, 2.75) is 13.0 Å². The van der Waals surface area contributed by atoms with E-state index >= 15 is 0 Å². The molecular formula is C23H23ClN2O3S. The molecule has 3 aromatic rings. The van der Waals surface area contributed by atoms with E-state index in [9.17, 15) is 13.2 Å². The van der Waals surface area contributed by atoms with Crippen LogP contribution in [0.3, 0.4) is 0 Å². The molecule has 0 aromatic heterocycles. The molecule has 0 heterocycles. The molecule has 0 aliphatic carbocycles. The minimum absolute atomic E-state index is 0.112. The smallest absolute Gasteiger partial charge is 0.251 e. The van der Waals surface area contributed by atoms with Gasteiger partial charge in [0.1, 0.15) is 0 Å². The molecule has 0 bridgehead atoms. The number of nitrogens with zero attached hydrogens (tertiary/aromatic N) is 1. The van der Waals surface area contributed by atoms with Crippen LogP contribution in [0.25, 0.3) is 0 Å². The number of rotatable bonds is 8. The Kier molecular flexibility index (Phi) is 7.13. The SMILES string of the molecule is CS(=O)(=O)N(Cc1ccccc1Cl)c1ccc(C(=O)NCCc2ccccc2)cc1. The van der Waals surface area contributed by atoms with Crippen molar-refractivity contribution in [1.82, 2.24) is 5.32 Å². The van der Waals surface area contributed by atoms with E-state index in [1.54, 1.807) is 42.5 Å². The van der Waals surface area contributed by atoms with Crippen LogP contribution in [0, 0.1) is 0 Å². The van der Waals surface area contributed by atoms with E-state index in [2.05, 4.69) is 5.32 Å². The number of hydrogen-bond donors (Lipinski definition) is 1. The topological polar surface area (TPSA) is 66.5 Å².